The summed E-state index contributed by atoms with van der Waals surface area (Å²) in [4.78, 5) is 11.5. The van der Waals surface area contributed by atoms with Crippen molar-refractivity contribution in [2.45, 2.75) is 0 Å². The number of hydrogen-bond donors (Lipinski definition) is 1. The molecule has 1 N–H and O–H groups in total. The van der Waals surface area contributed by atoms with Crippen molar-refractivity contribution >= 4 is 32.7 Å². The van der Waals surface area contributed by atoms with Crippen LogP contribution < -0.4 is 0 Å². The van der Waals surface area contributed by atoms with Crippen LogP contribution >= 0.6 is 15.9 Å². The molecule has 0 heterocycles. The Morgan fingerprint density at radius 3 is 2.75 bits per heavy atom. The summed E-state index contributed by atoms with van der Waals surface area (Å²) in [6, 6.07) is 8.97. The number of phenolic OH excluding ortho intramolecular Hbond substituents is 1. The van der Waals surface area contributed by atoms with E-state index in [-0.39, 0.29) is 5.75 Å². The number of phenols is 1. The Labute approximate surface area is 101 Å². The quantitative estimate of drug-likeness (QED) is 0.817. The van der Waals surface area contributed by atoms with E-state index in [2.05, 4.69) is 20.7 Å². The highest BCUT2D eigenvalue weighted by molar-refractivity contribution is 9.10. The van der Waals surface area contributed by atoms with Gasteiger partial charge in [0.25, 0.3) is 0 Å². The molecule has 2 aromatic rings. The molecule has 0 amide bonds. The van der Waals surface area contributed by atoms with Crippen molar-refractivity contribution in [3.05, 3.63) is 40.4 Å². The summed E-state index contributed by atoms with van der Waals surface area (Å²) in [5, 5.41) is 11.4. The maximum atomic E-state index is 11.5. The van der Waals surface area contributed by atoms with Crippen LogP contribution in [0.25, 0.3) is 10.8 Å². The molecule has 0 atom stereocenters. The first kappa shape index (κ1) is 11.0. The van der Waals surface area contributed by atoms with Gasteiger partial charge in [-0.15, -0.1) is 0 Å². The fourth-order valence-corrected chi connectivity index (χ4v) is 2.05. The number of aromatic hydroxyl groups is 1. The van der Waals surface area contributed by atoms with Gasteiger partial charge in [0.05, 0.1) is 17.1 Å². The van der Waals surface area contributed by atoms with Crippen molar-refractivity contribution in [1.29, 1.82) is 0 Å². The molecule has 0 aromatic heterocycles. The molecule has 4 heteroatoms. The molecule has 0 spiro atoms. The summed E-state index contributed by atoms with van der Waals surface area (Å²) in [5.74, 6) is -0.425. The SMILES string of the molecule is COC(=O)c1cc2ccccc2c(O)c1Br. The van der Waals surface area contributed by atoms with Gasteiger partial charge in [-0.1, -0.05) is 24.3 Å². The Bertz CT molecular complexity index is 563. The van der Waals surface area contributed by atoms with E-state index >= 15 is 0 Å². The van der Waals surface area contributed by atoms with Crippen LogP contribution in [0.3, 0.4) is 0 Å². The van der Waals surface area contributed by atoms with E-state index in [4.69, 9.17) is 0 Å². The number of benzene rings is 2. The maximum Gasteiger partial charge on any atom is 0.339 e. The van der Waals surface area contributed by atoms with E-state index < -0.39 is 5.97 Å². The molecule has 0 unspecified atom stereocenters. The molecule has 0 radical (unpaired) electrons. The Balaban J connectivity index is 2.78. The van der Waals surface area contributed by atoms with Gasteiger partial charge < -0.3 is 9.84 Å². The average molecular weight is 281 g/mol. The molecule has 0 fully saturated rings. The Morgan fingerprint density at radius 2 is 2.06 bits per heavy atom. The highest BCUT2D eigenvalue weighted by atomic mass is 79.9. The molecule has 3 nitrogen and oxygen atoms in total. The van der Waals surface area contributed by atoms with Gasteiger partial charge in [0.2, 0.25) is 0 Å². The van der Waals surface area contributed by atoms with Crippen molar-refractivity contribution in [3.8, 4) is 5.75 Å². The minimum atomic E-state index is -0.479. The summed E-state index contributed by atoms with van der Waals surface area (Å²) >= 11 is 3.19. The zero-order valence-electron chi connectivity index (χ0n) is 8.53. The van der Waals surface area contributed by atoms with E-state index in [1.165, 1.54) is 7.11 Å². The zero-order chi connectivity index (χ0) is 11.7. The lowest BCUT2D eigenvalue weighted by molar-refractivity contribution is 0.0599. The summed E-state index contributed by atoms with van der Waals surface area (Å²) in [6.07, 6.45) is 0. The van der Waals surface area contributed by atoms with Gasteiger partial charge in [0, 0.05) is 5.39 Å². The summed E-state index contributed by atoms with van der Waals surface area (Å²) in [6.45, 7) is 0. The molecule has 0 bridgehead atoms. The van der Waals surface area contributed by atoms with E-state index in [0.29, 0.717) is 15.4 Å². The molecule has 0 aliphatic rings. The molecule has 2 rings (SSSR count). The molecule has 0 aliphatic carbocycles. The van der Waals surface area contributed by atoms with Crippen LogP contribution in [-0.4, -0.2) is 18.2 Å². The molecule has 82 valence electrons. The largest absolute Gasteiger partial charge is 0.506 e. The minimum absolute atomic E-state index is 0.0542. The molecular formula is C12H9BrO3. The topological polar surface area (TPSA) is 46.5 Å². The van der Waals surface area contributed by atoms with Crippen molar-refractivity contribution in [2.75, 3.05) is 7.11 Å². The Hall–Kier alpha value is -1.55. The highest BCUT2D eigenvalue weighted by Gasteiger charge is 2.16. The second-order valence-corrected chi connectivity index (χ2v) is 4.09. The van der Waals surface area contributed by atoms with Crippen LogP contribution in [0, 0.1) is 0 Å². The zero-order valence-corrected chi connectivity index (χ0v) is 10.1. The lowest BCUT2D eigenvalue weighted by Gasteiger charge is -2.08. The number of carbonyl (C=O) groups excluding carboxylic acids is 1. The van der Waals surface area contributed by atoms with Crippen molar-refractivity contribution in [1.82, 2.24) is 0 Å². The van der Waals surface area contributed by atoms with Crippen LogP contribution in [0.1, 0.15) is 10.4 Å². The summed E-state index contributed by atoms with van der Waals surface area (Å²) in [5.41, 5.74) is 0.318. The first-order valence-electron chi connectivity index (χ1n) is 4.63. The van der Waals surface area contributed by atoms with Crippen LogP contribution in [0.4, 0.5) is 0 Å². The van der Waals surface area contributed by atoms with Crippen LogP contribution in [-0.2, 0) is 4.74 Å². The number of methoxy groups -OCH3 is 1. The van der Waals surface area contributed by atoms with Gasteiger partial charge >= 0.3 is 5.97 Å². The van der Waals surface area contributed by atoms with Crippen molar-refractivity contribution in [2.24, 2.45) is 0 Å². The minimum Gasteiger partial charge on any atom is -0.506 e. The number of halogens is 1. The van der Waals surface area contributed by atoms with Gasteiger partial charge in [-0.05, 0) is 27.4 Å². The second-order valence-electron chi connectivity index (χ2n) is 3.30. The molecule has 0 saturated heterocycles. The van der Waals surface area contributed by atoms with E-state index in [1.54, 1.807) is 12.1 Å². The number of carbonyl (C=O) groups is 1. The molecule has 0 aliphatic heterocycles. The average Bonchev–Trinajstić information content (AvgIpc) is 2.33. The van der Waals surface area contributed by atoms with E-state index in [0.717, 1.165) is 5.39 Å². The van der Waals surface area contributed by atoms with Gasteiger partial charge in [-0.25, -0.2) is 4.79 Å². The lowest BCUT2D eigenvalue weighted by atomic mass is 10.1. The second kappa shape index (κ2) is 4.14. The van der Waals surface area contributed by atoms with Crippen LogP contribution in [0.15, 0.2) is 34.8 Å². The molecule has 16 heavy (non-hydrogen) atoms. The first-order chi connectivity index (χ1) is 7.65. The number of rotatable bonds is 1. The van der Waals surface area contributed by atoms with E-state index in [1.807, 2.05) is 18.2 Å². The van der Waals surface area contributed by atoms with Gasteiger partial charge in [0.1, 0.15) is 5.75 Å². The third-order valence-corrected chi connectivity index (χ3v) is 3.17. The third-order valence-electron chi connectivity index (χ3n) is 2.37. The number of esters is 1. The van der Waals surface area contributed by atoms with Gasteiger partial charge in [-0.3, -0.25) is 0 Å². The number of ether oxygens (including phenoxy) is 1. The van der Waals surface area contributed by atoms with Gasteiger partial charge in [-0.2, -0.15) is 0 Å². The van der Waals surface area contributed by atoms with Crippen LogP contribution in [0.5, 0.6) is 5.75 Å². The molecular weight excluding hydrogens is 272 g/mol. The maximum absolute atomic E-state index is 11.5. The van der Waals surface area contributed by atoms with Gasteiger partial charge in [0.15, 0.2) is 0 Å². The predicted octanol–water partition coefficient (Wildman–Crippen LogP) is 3.09. The number of hydrogen-bond acceptors (Lipinski definition) is 3. The number of fused-ring (bicyclic) bond motifs is 1. The normalized spacial score (nSPS) is 10.4. The Morgan fingerprint density at radius 1 is 1.38 bits per heavy atom. The third kappa shape index (κ3) is 1.65. The molecule has 2 aromatic carbocycles. The standard InChI is InChI=1S/C12H9BrO3/c1-16-12(15)9-6-7-4-2-3-5-8(7)11(14)10(9)13/h2-6,14H,1H3. The summed E-state index contributed by atoms with van der Waals surface area (Å²) in [7, 11) is 1.31. The van der Waals surface area contributed by atoms with Crippen molar-refractivity contribution < 1.29 is 14.6 Å². The van der Waals surface area contributed by atoms with Crippen LogP contribution in [0.2, 0.25) is 0 Å². The highest BCUT2D eigenvalue weighted by Crippen LogP contribution is 2.35. The van der Waals surface area contributed by atoms with Crippen molar-refractivity contribution in [3.63, 3.8) is 0 Å². The Kier molecular flexibility index (Phi) is 2.83. The smallest absolute Gasteiger partial charge is 0.339 e. The summed E-state index contributed by atoms with van der Waals surface area (Å²) < 4.78 is 5.00. The molecule has 0 saturated carbocycles. The predicted molar refractivity (Wildman–Crippen MR) is 64.7 cm³/mol. The van der Waals surface area contributed by atoms with E-state index in [9.17, 15) is 9.90 Å². The fraction of sp³-hybridized carbons (Fsp3) is 0.0833. The lowest BCUT2D eigenvalue weighted by Crippen LogP contribution is -2.02. The fourth-order valence-electron chi connectivity index (χ4n) is 1.56. The monoisotopic (exact) mass is 280 g/mol. The first-order valence-corrected chi connectivity index (χ1v) is 5.43.